The first-order valence-electron chi connectivity index (χ1n) is 12.3. The molecular weight excluding hydrogens is 454 g/mol. The Labute approximate surface area is 212 Å². The first-order chi connectivity index (χ1) is 17.6. The Bertz CT molecular complexity index is 1130. The average Bonchev–Trinajstić information content (AvgIpc) is 2.93. The number of hydrogen-bond acceptors (Lipinski definition) is 5. The van der Waals surface area contributed by atoms with Crippen LogP contribution in [-0.4, -0.2) is 56.6 Å². The number of ether oxygens (including phenoxy) is 2. The molecular formula is C29H33N3O4. The minimum absolute atomic E-state index is 0.00647. The maximum absolute atomic E-state index is 12.7. The molecule has 7 nitrogen and oxygen atoms in total. The van der Waals surface area contributed by atoms with Gasteiger partial charge >= 0.3 is 0 Å². The molecule has 3 aromatic carbocycles. The lowest BCUT2D eigenvalue weighted by Gasteiger charge is -2.36. The maximum Gasteiger partial charge on any atom is 0.224 e. The van der Waals surface area contributed by atoms with E-state index in [4.69, 9.17) is 9.47 Å². The summed E-state index contributed by atoms with van der Waals surface area (Å²) in [6.07, 6.45) is 1.19. The van der Waals surface area contributed by atoms with Crippen LogP contribution in [-0.2, 0) is 16.0 Å². The van der Waals surface area contributed by atoms with Gasteiger partial charge in [0.15, 0.2) is 0 Å². The minimum atomic E-state index is -0.172. The summed E-state index contributed by atoms with van der Waals surface area (Å²) < 4.78 is 11.2. The Balaban J connectivity index is 1.16. The second kappa shape index (κ2) is 12.6. The predicted molar refractivity (Wildman–Crippen MR) is 142 cm³/mol. The third kappa shape index (κ3) is 7.01. The molecule has 3 aromatic rings. The monoisotopic (exact) mass is 487 g/mol. The highest BCUT2D eigenvalue weighted by atomic mass is 16.5. The van der Waals surface area contributed by atoms with Gasteiger partial charge in [-0.15, -0.1) is 0 Å². The van der Waals surface area contributed by atoms with Crippen molar-refractivity contribution in [1.82, 2.24) is 4.90 Å². The summed E-state index contributed by atoms with van der Waals surface area (Å²) in [6, 6.07) is 25.4. The zero-order valence-corrected chi connectivity index (χ0v) is 20.7. The van der Waals surface area contributed by atoms with Crippen molar-refractivity contribution in [2.75, 3.05) is 50.1 Å². The Kier molecular flexibility index (Phi) is 8.81. The molecule has 2 amide bonds. The molecule has 0 saturated carbocycles. The summed E-state index contributed by atoms with van der Waals surface area (Å²) in [6.45, 7) is 3.32. The van der Waals surface area contributed by atoms with Gasteiger partial charge in [0, 0.05) is 51.1 Å². The molecule has 1 fully saturated rings. The molecule has 7 heteroatoms. The van der Waals surface area contributed by atoms with Crippen LogP contribution in [0.4, 0.5) is 11.4 Å². The van der Waals surface area contributed by atoms with Crippen molar-refractivity contribution in [2.24, 2.45) is 0 Å². The zero-order chi connectivity index (χ0) is 25.2. The van der Waals surface area contributed by atoms with Gasteiger partial charge < -0.3 is 24.6 Å². The van der Waals surface area contributed by atoms with Crippen molar-refractivity contribution in [3.63, 3.8) is 0 Å². The molecule has 0 radical (unpaired) electrons. The van der Waals surface area contributed by atoms with E-state index in [1.54, 1.807) is 7.11 Å². The zero-order valence-electron chi connectivity index (χ0n) is 20.7. The number of nitrogens with one attached hydrogen (secondary N) is 1. The van der Waals surface area contributed by atoms with Crippen LogP contribution >= 0.6 is 0 Å². The van der Waals surface area contributed by atoms with E-state index in [-0.39, 0.29) is 24.7 Å². The minimum Gasteiger partial charge on any atom is -0.495 e. The van der Waals surface area contributed by atoms with Crippen molar-refractivity contribution in [2.45, 2.75) is 19.3 Å². The molecule has 1 saturated heterocycles. The molecule has 0 unspecified atom stereocenters. The van der Waals surface area contributed by atoms with Gasteiger partial charge in [-0.05, 0) is 42.0 Å². The fourth-order valence-electron chi connectivity index (χ4n) is 4.26. The van der Waals surface area contributed by atoms with Crippen molar-refractivity contribution in [3.8, 4) is 11.5 Å². The highest BCUT2D eigenvalue weighted by Gasteiger charge is 2.23. The summed E-state index contributed by atoms with van der Waals surface area (Å²) in [5.74, 6) is 1.42. The quantitative estimate of drug-likeness (QED) is 0.460. The third-order valence-corrected chi connectivity index (χ3v) is 6.26. The molecule has 0 aromatic heterocycles. The molecule has 1 aliphatic rings. The van der Waals surface area contributed by atoms with Crippen LogP contribution in [0.15, 0.2) is 78.9 Å². The SMILES string of the molecule is COc1ccccc1N1CCN(C(=O)CCC(=O)Nc2ccc(OCCc3ccccc3)cc2)CC1. The van der Waals surface area contributed by atoms with Gasteiger partial charge in [-0.1, -0.05) is 42.5 Å². The van der Waals surface area contributed by atoms with Crippen LogP contribution < -0.4 is 19.7 Å². The maximum atomic E-state index is 12.7. The van der Waals surface area contributed by atoms with E-state index in [2.05, 4.69) is 22.3 Å². The molecule has 0 spiro atoms. The predicted octanol–water partition coefficient (Wildman–Crippen LogP) is 4.38. The smallest absolute Gasteiger partial charge is 0.224 e. The van der Waals surface area contributed by atoms with Gasteiger partial charge in [-0.25, -0.2) is 0 Å². The number of rotatable bonds is 10. The van der Waals surface area contributed by atoms with E-state index in [1.807, 2.05) is 71.6 Å². The van der Waals surface area contributed by atoms with E-state index in [0.29, 0.717) is 25.4 Å². The highest BCUT2D eigenvalue weighted by Crippen LogP contribution is 2.28. The van der Waals surface area contributed by atoms with E-state index < -0.39 is 0 Å². The number of piperazine rings is 1. The average molecular weight is 488 g/mol. The third-order valence-electron chi connectivity index (χ3n) is 6.26. The molecule has 1 N–H and O–H groups in total. The topological polar surface area (TPSA) is 71.1 Å². The van der Waals surface area contributed by atoms with Crippen LogP contribution in [0.2, 0.25) is 0 Å². The van der Waals surface area contributed by atoms with Gasteiger partial charge in [0.25, 0.3) is 0 Å². The molecule has 188 valence electrons. The second-order valence-corrected chi connectivity index (χ2v) is 8.70. The van der Waals surface area contributed by atoms with Gasteiger partial charge in [0.2, 0.25) is 11.8 Å². The Morgan fingerprint density at radius 1 is 0.833 bits per heavy atom. The van der Waals surface area contributed by atoms with Gasteiger partial charge in [-0.2, -0.15) is 0 Å². The lowest BCUT2D eigenvalue weighted by molar-refractivity contribution is -0.133. The van der Waals surface area contributed by atoms with E-state index in [0.717, 1.165) is 36.7 Å². The van der Waals surface area contributed by atoms with E-state index >= 15 is 0 Å². The Morgan fingerprint density at radius 2 is 1.53 bits per heavy atom. The van der Waals surface area contributed by atoms with E-state index in [9.17, 15) is 9.59 Å². The fraction of sp³-hybridized carbons (Fsp3) is 0.310. The second-order valence-electron chi connectivity index (χ2n) is 8.70. The van der Waals surface area contributed by atoms with Crippen LogP contribution in [0.3, 0.4) is 0 Å². The Morgan fingerprint density at radius 3 is 2.25 bits per heavy atom. The number of carbonyl (C=O) groups is 2. The Hall–Kier alpha value is -4.00. The van der Waals surface area contributed by atoms with Crippen molar-refractivity contribution < 1.29 is 19.1 Å². The number of benzene rings is 3. The number of para-hydroxylation sites is 2. The first-order valence-corrected chi connectivity index (χ1v) is 12.3. The molecule has 0 bridgehead atoms. The van der Waals surface area contributed by atoms with Gasteiger partial charge in [0.1, 0.15) is 11.5 Å². The molecule has 4 rings (SSSR count). The normalized spacial score (nSPS) is 13.2. The highest BCUT2D eigenvalue weighted by molar-refractivity contribution is 5.93. The number of anilines is 2. The van der Waals surface area contributed by atoms with Crippen LogP contribution in [0.25, 0.3) is 0 Å². The largest absolute Gasteiger partial charge is 0.495 e. The summed E-state index contributed by atoms with van der Waals surface area (Å²) in [5, 5.41) is 2.86. The standard InChI is InChI=1S/C29H33N3O4/c1-35-27-10-6-5-9-26(27)31-18-20-32(21-19-31)29(34)16-15-28(33)30-24-11-13-25(14-12-24)36-22-17-23-7-3-2-4-8-23/h2-14H,15-22H2,1H3,(H,30,33). The summed E-state index contributed by atoms with van der Waals surface area (Å²) >= 11 is 0. The fourth-order valence-corrected chi connectivity index (χ4v) is 4.26. The van der Waals surface area contributed by atoms with Crippen LogP contribution in [0.1, 0.15) is 18.4 Å². The lowest BCUT2D eigenvalue weighted by Crippen LogP contribution is -2.49. The summed E-state index contributed by atoms with van der Waals surface area (Å²) in [5.41, 5.74) is 2.96. The van der Waals surface area contributed by atoms with Crippen molar-refractivity contribution in [3.05, 3.63) is 84.4 Å². The molecule has 1 heterocycles. The molecule has 36 heavy (non-hydrogen) atoms. The van der Waals surface area contributed by atoms with Crippen LogP contribution in [0, 0.1) is 0 Å². The number of amides is 2. The number of carbonyl (C=O) groups excluding carboxylic acids is 2. The van der Waals surface area contributed by atoms with E-state index in [1.165, 1.54) is 5.56 Å². The first kappa shape index (κ1) is 25.1. The molecule has 0 atom stereocenters. The number of nitrogens with zero attached hydrogens (tertiary/aromatic N) is 2. The lowest BCUT2D eigenvalue weighted by atomic mass is 10.2. The molecule has 1 aliphatic heterocycles. The molecule has 0 aliphatic carbocycles. The van der Waals surface area contributed by atoms with Crippen molar-refractivity contribution >= 4 is 23.2 Å². The number of methoxy groups -OCH3 is 1. The van der Waals surface area contributed by atoms with Crippen molar-refractivity contribution in [1.29, 1.82) is 0 Å². The number of hydrogen-bond donors (Lipinski definition) is 1. The van der Waals surface area contributed by atoms with Crippen LogP contribution in [0.5, 0.6) is 11.5 Å². The summed E-state index contributed by atoms with van der Waals surface area (Å²) in [7, 11) is 1.67. The summed E-state index contributed by atoms with van der Waals surface area (Å²) in [4.78, 5) is 29.1. The van der Waals surface area contributed by atoms with Gasteiger partial charge in [-0.3, -0.25) is 9.59 Å². The van der Waals surface area contributed by atoms with Gasteiger partial charge in [0.05, 0.1) is 19.4 Å².